The number of rotatable bonds is 6. The Labute approximate surface area is 108 Å². The summed E-state index contributed by atoms with van der Waals surface area (Å²) in [5.41, 5.74) is 1.41. The van der Waals surface area contributed by atoms with Crippen molar-refractivity contribution in [3.8, 4) is 0 Å². The van der Waals surface area contributed by atoms with Crippen molar-refractivity contribution in [1.82, 2.24) is 10.3 Å². The maximum Gasteiger partial charge on any atom is 0.270 e. The van der Waals surface area contributed by atoms with Crippen LogP contribution in [-0.4, -0.2) is 23.3 Å². The first-order valence-electron chi connectivity index (χ1n) is 5.94. The van der Waals surface area contributed by atoms with Crippen molar-refractivity contribution in [2.75, 3.05) is 12.4 Å². The molecule has 0 bridgehead atoms. The van der Waals surface area contributed by atoms with Crippen LogP contribution in [0.3, 0.4) is 0 Å². The molecule has 0 aliphatic rings. The third-order valence-electron chi connectivity index (χ3n) is 2.87. The van der Waals surface area contributed by atoms with Gasteiger partial charge in [0.1, 0.15) is 5.69 Å². The van der Waals surface area contributed by atoms with Crippen LogP contribution in [0.25, 0.3) is 0 Å². The number of pyridine rings is 1. The molecule has 17 heavy (non-hydrogen) atoms. The zero-order chi connectivity index (χ0) is 12.7. The lowest BCUT2D eigenvalue weighted by Gasteiger charge is -2.14. The van der Waals surface area contributed by atoms with E-state index in [2.05, 4.69) is 17.2 Å². The topological polar surface area (TPSA) is 42.0 Å². The zero-order valence-corrected chi connectivity index (χ0v) is 11.1. The van der Waals surface area contributed by atoms with E-state index in [4.69, 9.17) is 11.6 Å². The summed E-state index contributed by atoms with van der Waals surface area (Å²) in [5.74, 6) is 0.980. The number of carbonyl (C=O) groups excluding carboxylic acids is 1. The summed E-state index contributed by atoms with van der Waals surface area (Å²) in [6.07, 6.45) is 3.59. The van der Waals surface area contributed by atoms with Crippen LogP contribution < -0.4 is 5.32 Å². The monoisotopic (exact) mass is 254 g/mol. The van der Waals surface area contributed by atoms with Gasteiger partial charge in [0.25, 0.3) is 5.91 Å². The molecule has 0 aliphatic heterocycles. The van der Waals surface area contributed by atoms with E-state index in [-0.39, 0.29) is 5.91 Å². The molecule has 0 aliphatic carbocycles. The third-order valence-corrected chi connectivity index (χ3v) is 3.09. The van der Waals surface area contributed by atoms with Crippen molar-refractivity contribution in [3.63, 3.8) is 0 Å². The molecule has 0 radical (unpaired) electrons. The van der Waals surface area contributed by atoms with E-state index >= 15 is 0 Å². The lowest BCUT2D eigenvalue weighted by atomic mass is 10.0. The van der Waals surface area contributed by atoms with Crippen molar-refractivity contribution in [1.29, 1.82) is 0 Å². The van der Waals surface area contributed by atoms with Gasteiger partial charge in [0, 0.05) is 18.6 Å². The second kappa shape index (κ2) is 7.28. The predicted molar refractivity (Wildman–Crippen MR) is 70.4 cm³/mol. The summed E-state index contributed by atoms with van der Waals surface area (Å²) in [5, 5.41) is 2.92. The molecule has 1 amide bonds. The van der Waals surface area contributed by atoms with Crippen molar-refractivity contribution in [3.05, 3.63) is 29.6 Å². The normalized spacial score (nSPS) is 12.2. The Morgan fingerprint density at radius 1 is 1.59 bits per heavy atom. The Kier molecular flexibility index (Phi) is 5.98. The maximum absolute atomic E-state index is 11.9. The molecular formula is C13H19ClN2O. The number of hydrogen-bond acceptors (Lipinski definition) is 2. The predicted octanol–water partition coefficient (Wildman–Crippen LogP) is 2.77. The minimum atomic E-state index is -0.101. The molecule has 1 rings (SSSR count). The first kappa shape index (κ1) is 14.0. The quantitative estimate of drug-likeness (QED) is 0.794. The standard InChI is InChI=1S/C13H19ClN2O/c1-3-11(6-7-14)9-16-13(17)12-10(2)5-4-8-15-12/h4-5,8,11H,3,6-7,9H2,1-2H3,(H,16,17). The van der Waals surface area contributed by atoms with Gasteiger partial charge in [0.15, 0.2) is 0 Å². The van der Waals surface area contributed by atoms with Crippen molar-refractivity contribution < 1.29 is 4.79 Å². The van der Waals surface area contributed by atoms with Gasteiger partial charge < -0.3 is 5.32 Å². The number of carbonyl (C=O) groups is 1. The fourth-order valence-corrected chi connectivity index (χ4v) is 1.96. The average molecular weight is 255 g/mol. The Morgan fingerprint density at radius 2 is 2.35 bits per heavy atom. The van der Waals surface area contributed by atoms with Crippen molar-refractivity contribution in [2.24, 2.45) is 5.92 Å². The number of halogens is 1. The van der Waals surface area contributed by atoms with Crippen LogP contribution in [-0.2, 0) is 0 Å². The largest absolute Gasteiger partial charge is 0.350 e. The van der Waals surface area contributed by atoms with Crippen LogP contribution in [0.1, 0.15) is 35.8 Å². The Bertz CT molecular complexity index is 368. The third kappa shape index (κ3) is 4.35. The molecule has 1 heterocycles. The summed E-state index contributed by atoms with van der Waals surface area (Å²) in [7, 11) is 0. The molecule has 0 fully saturated rings. The molecule has 0 spiro atoms. The van der Waals surface area contributed by atoms with Crippen LogP contribution in [0.5, 0.6) is 0 Å². The molecule has 4 heteroatoms. The fraction of sp³-hybridized carbons (Fsp3) is 0.538. The van der Waals surface area contributed by atoms with Gasteiger partial charge in [0.2, 0.25) is 0 Å². The minimum Gasteiger partial charge on any atom is -0.350 e. The second-order valence-corrected chi connectivity index (χ2v) is 4.51. The number of aryl methyl sites for hydroxylation is 1. The molecule has 1 N–H and O–H groups in total. The van der Waals surface area contributed by atoms with Gasteiger partial charge in [-0.15, -0.1) is 11.6 Å². The smallest absolute Gasteiger partial charge is 0.270 e. The first-order chi connectivity index (χ1) is 8.19. The summed E-state index contributed by atoms with van der Waals surface area (Å²) < 4.78 is 0. The van der Waals surface area contributed by atoms with E-state index < -0.39 is 0 Å². The zero-order valence-electron chi connectivity index (χ0n) is 10.4. The van der Waals surface area contributed by atoms with Crippen LogP contribution >= 0.6 is 11.6 Å². The van der Waals surface area contributed by atoms with E-state index in [1.807, 2.05) is 19.1 Å². The number of nitrogens with zero attached hydrogens (tertiary/aromatic N) is 1. The molecule has 0 aromatic carbocycles. The number of hydrogen-bond donors (Lipinski definition) is 1. The summed E-state index contributed by atoms with van der Waals surface area (Å²) in [4.78, 5) is 16.0. The molecule has 0 saturated carbocycles. The lowest BCUT2D eigenvalue weighted by molar-refractivity contribution is 0.0941. The van der Waals surface area contributed by atoms with Crippen LogP contribution in [0.15, 0.2) is 18.3 Å². The highest BCUT2D eigenvalue weighted by atomic mass is 35.5. The number of amides is 1. The lowest BCUT2D eigenvalue weighted by Crippen LogP contribution is -2.30. The molecule has 94 valence electrons. The molecule has 3 nitrogen and oxygen atoms in total. The maximum atomic E-state index is 11.9. The molecule has 1 aromatic heterocycles. The van der Waals surface area contributed by atoms with Crippen molar-refractivity contribution in [2.45, 2.75) is 26.7 Å². The second-order valence-electron chi connectivity index (χ2n) is 4.13. The van der Waals surface area contributed by atoms with E-state index in [1.165, 1.54) is 0 Å². The van der Waals surface area contributed by atoms with Gasteiger partial charge in [0.05, 0.1) is 0 Å². The molecular weight excluding hydrogens is 236 g/mol. The number of alkyl halides is 1. The van der Waals surface area contributed by atoms with E-state index in [0.717, 1.165) is 18.4 Å². The molecule has 1 aromatic rings. The number of nitrogens with one attached hydrogen (secondary N) is 1. The van der Waals surface area contributed by atoms with Gasteiger partial charge >= 0.3 is 0 Å². The van der Waals surface area contributed by atoms with Crippen molar-refractivity contribution >= 4 is 17.5 Å². The summed E-state index contributed by atoms with van der Waals surface area (Å²) in [6, 6.07) is 3.71. The highest BCUT2D eigenvalue weighted by Gasteiger charge is 2.12. The van der Waals surface area contributed by atoms with Gasteiger partial charge in [-0.1, -0.05) is 19.4 Å². The highest BCUT2D eigenvalue weighted by molar-refractivity contribution is 6.17. The van der Waals surface area contributed by atoms with Crippen LogP contribution in [0.2, 0.25) is 0 Å². The summed E-state index contributed by atoms with van der Waals surface area (Å²) in [6.45, 7) is 4.66. The SMILES string of the molecule is CCC(CCCl)CNC(=O)c1ncccc1C. The minimum absolute atomic E-state index is 0.101. The number of aromatic nitrogens is 1. The molecule has 1 atom stereocenters. The van der Waals surface area contributed by atoms with Gasteiger partial charge in [-0.3, -0.25) is 9.78 Å². The van der Waals surface area contributed by atoms with E-state index in [1.54, 1.807) is 6.20 Å². The Hall–Kier alpha value is -1.09. The van der Waals surface area contributed by atoms with E-state index in [9.17, 15) is 4.79 Å². The van der Waals surface area contributed by atoms with Crippen LogP contribution in [0.4, 0.5) is 0 Å². The first-order valence-corrected chi connectivity index (χ1v) is 6.48. The van der Waals surface area contributed by atoms with Gasteiger partial charge in [-0.05, 0) is 30.9 Å². The highest BCUT2D eigenvalue weighted by Crippen LogP contribution is 2.09. The molecule has 1 unspecified atom stereocenters. The Balaban J connectivity index is 2.52. The summed E-state index contributed by atoms with van der Waals surface area (Å²) >= 11 is 5.71. The Morgan fingerprint density at radius 3 is 2.94 bits per heavy atom. The van der Waals surface area contributed by atoms with E-state index in [0.29, 0.717) is 24.0 Å². The average Bonchev–Trinajstić information content (AvgIpc) is 2.34. The van der Waals surface area contributed by atoms with Crippen LogP contribution in [0, 0.1) is 12.8 Å². The van der Waals surface area contributed by atoms with Gasteiger partial charge in [-0.2, -0.15) is 0 Å². The fourth-order valence-electron chi connectivity index (χ4n) is 1.65. The van der Waals surface area contributed by atoms with Gasteiger partial charge in [-0.25, -0.2) is 0 Å². The molecule has 0 saturated heterocycles.